The van der Waals surface area contributed by atoms with Gasteiger partial charge in [-0.05, 0) is 48.9 Å². The van der Waals surface area contributed by atoms with Gasteiger partial charge in [0.1, 0.15) is 11.8 Å². The van der Waals surface area contributed by atoms with Crippen LogP contribution in [0.4, 0.5) is 11.4 Å². The largest absolute Gasteiger partial charge is 0.497 e. The van der Waals surface area contributed by atoms with Crippen molar-refractivity contribution in [2.45, 2.75) is 19.4 Å². The van der Waals surface area contributed by atoms with Crippen molar-refractivity contribution < 1.29 is 17.9 Å². The zero-order chi connectivity index (χ0) is 19.3. The van der Waals surface area contributed by atoms with E-state index in [9.17, 15) is 13.2 Å². The van der Waals surface area contributed by atoms with Gasteiger partial charge in [0.2, 0.25) is 15.9 Å². The van der Waals surface area contributed by atoms with Crippen LogP contribution in [0.1, 0.15) is 13.3 Å². The Labute approximate surface area is 158 Å². The van der Waals surface area contributed by atoms with Crippen LogP contribution >= 0.6 is 11.6 Å². The highest BCUT2D eigenvalue weighted by Crippen LogP contribution is 2.26. The summed E-state index contributed by atoms with van der Waals surface area (Å²) in [6.45, 7) is 1.75. The van der Waals surface area contributed by atoms with E-state index in [1.807, 2.05) is 0 Å². The van der Waals surface area contributed by atoms with Gasteiger partial charge in [0.15, 0.2) is 0 Å². The topological polar surface area (TPSA) is 75.7 Å². The van der Waals surface area contributed by atoms with Crippen LogP contribution in [0.3, 0.4) is 0 Å². The van der Waals surface area contributed by atoms with E-state index >= 15 is 0 Å². The number of methoxy groups -OCH3 is 1. The molecule has 0 bridgehead atoms. The first-order valence-corrected chi connectivity index (χ1v) is 10.2. The molecule has 6 nitrogen and oxygen atoms in total. The van der Waals surface area contributed by atoms with E-state index in [1.165, 1.54) is 7.11 Å². The van der Waals surface area contributed by atoms with Crippen LogP contribution in [-0.2, 0) is 14.8 Å². The zero-order valence-corrected chi connectivity index (χ0v) is 16.3. The molecule has 0 radical (unpaired) electrons. The number of nitrogens with one attached hydrogen (secondary N) is 1. The van der Waals surface area contributed by atoms with Gasteiger partial charge >= 0.3 is 0 Å². The summed E-state index contributed by atoms with van der Waals surface area (Å²) in [4.78, 5) is 12.8. The van der Waals surface area contributed by atoms with E-state index < -0.39 is 22.0 Å². The van der Waals surface area contributed by atoms with Crippen molar-refractivity contribution in [3.8, 4) is 5.75 Å². The van der Waals surface area contributed by atoms with Gasteiger partial charge in [0.25, 0.3) is 0 Å². The molecule has 1 N–H and O–H groups in total. The maximum atomic E-state index is 12.8. The number of anilines is 2. The Morgan fingerprint density at radius 2 is 1.88 bits per heavy atom. The van der Waals surface area contributed by atoms with Crippen LogP contribution in [0.2, 0.25) is 5.02 Å². The Balaban J connectivity index is 2.35. The highest BCUT2D eigenvalue weighted by Gasteiger charge is 2.31. The fourth-order valence-corrected chi connectivity index (χ4v) is 3.98. The quantitative estimate of drug-likeness (QED) is 0.776. The van der Waals surface area contributed by atoms with Gasteiger partial charge < -0.3 is 10.1 Å². The van der Waals surface area contributed by atoms with E-state index in [1.54, 1.807) is 55.5 Å². The predicted octanol–water partition coefficient (Wildman–Crippen LogP) is 3.53. The first-order chi connectivity index (χ1) is 12.3. The molecule has 0 spiro atoms. The van der Waals surface area contributed by atoms with Gasteiger partial charge in [-0.2, -0.15) is 0 Å². The molecule has 0 aliphatic heterocycles. The molecule has 0 fully saturated rings. The number of carbonyl (C=O) groups is 1. The van der Waals surface area contributed by atoms with Crippen LogP contribution in [0.15, 0.2) is 48.5 Å². The van der Waals surface area contributed by atoms with Gasteiger partial charge in [-0.1, -0.05) is 24.6 Å². The molecule has 0 aliphatic rings. The number of benzene rings is 2. The van der Waals surface area contributed by atoms with Gasteiger partial charge in [-0.25, -0.2) is 8.42 Å². The molecule has 1 atom stereocenters. The third-order valence-corrected chi connectivity index (χ3v) is 5.16. The van der Waals surface area contributed by atoms with Crippen molar-refractivity contribution in [1.82, 2.24) is 0 Å². The molecule has 0 saturated heterocycles. The molecule has 0 aromatic heterocycles. The second-order valence-electron chi connectivity index (χ2n) is 5.68. The fraction of sp³-hybridized carbons (Fsp3) is 0.278. The van der Waals surface area contributed by atoms with Gasteiger partial charge in [0.05, 0.1) is 19.1 Å². The van der Waals surface area contributed by atoms with E-state index in [0.717, 1.165) is 10.6 Å². The minimum atomic E-state index is -3.69. The molecule has 2 aromatic rings. The lowest BCUT2D eigenvalue weighted by Gasteiger charge is -2.30. The number of carbonyl (C=O) groups excluding carboxylic acids is 1. The maximum Gasteiger partial charge on any atom is 0.248 e. The Morgan fingerprint density at radius 3 is 2.38 bits per heavy atom. The second kappa shape index (κ2) is 8.42. The average molecular weight is 397 g/mol. The normalized spacial score (nSPS) is 12.3. The van der Waals surface area contributed by atoms with Crippen molar-refractivity contribution in [1.29, 1.82) is 0 Å². The summed E-state index contributed by atoms with van der Waals surface area (Å²) in [5, 5.41) is 3.20. The molecule has 26 heavy (non-hydrogen) atoms. The molecule has 0 unspecified atom stereocenters. The monoisotopic (exact) mass is 396 g/mol. The van der Waals surface area contributed by atoms with Crippen molar-refractivity contribution in [3.05, 3.63) is 53.6 Å². The number of halogens is 1. The average Bonchev–Trinajstić information content (AvgIpc) is 2.58. The molecule has 8 heteroatoms. The van der Waals surface area contributed by atoms with Crippen LogP contribution in [0.25, 0.3) is 0 Å². The van der Waals surface area contributed by atoms with Crippen LogP contribution in [0.5, 0.6) is 5.75 Å². The minimum absolute atomic E-state index is 0.297. The Kier molecular flexibility index (Phi) is 6.50. The van der Waals surface area contributed by atoms with Gasteiger partial charge in [-0.3, -0.25) is 9.10 Å². The lowest BCUT2D eigenvalue weighted by atomic mass is 10.1. The lowest BCUT2D eigenvalue weighted by molar-refractivity contribution is -0.117. The van der Waals surface area contributed by atoms with Crippen LogP contribution < -0.4 is 14.4 Å². The summed E-state index contributed by atoms with van der Waals surface area (Å²) >= 11 is 5.93. The molecule has 2 aromatic carbocycles. The van der Waals surface area contributed by atoms with Crippen molar-refractivity contribution >= 4 is 38.9 Å². The summed E-state index contributed by atoms with van der Waals surface area (Å²) in [6, 6.07) is 12.3. The number of ether oxygens (including phenoxy) is 1. The standard InChI is InChI=1S/C18H21ClN2O4S/c1-4-17(18(22)20-14-7-5-6-13(19)12-14)21(26(3,23)24)15-8-10-16(25-2)11-9-15/h5-12,17H,4H2,1-3H3,(H,20,22)/t17-/m1/s1. The minimum Gasteiger partial charge on any atom is -0.497 e. The number of hydrogen-bond acceptors (Lipinski definition) is 4. The Bertz CT molecular complexity index is 869. The number of rotatable bonds is 7. The van der Waals surface area contributed by atoms with E-state index in [2.05, 4.69) is 5.32 Å². The zero-order valence-electron chi connectivity index (χ0n) is 14.8. The molecule has 0 saturated carbocycles. The molecule has 2 rings (SSSR count). The first-order valence-electron chi connectivity index (χ1n) is 7.96. The Hall–Kier alpha value is -2.25. The maximum absolute atomic E-state index is 12.8. The van der Waals surface area contributed by atoms with Gasteiger partial charge in [-0.15, -0.1) is 0 Å². The molecular weight excluding hydrogens is 376 g/mol. The smallest absolute Gasteiger partial charge is 0.248 e. The molecule has 0 aliphatic carbocycles. The van der Waals surface area contributed by atoms with E-state index in [0.29, 0.717) is 28.6 Å². The predicted molar refractivity (Wildman–Crippen MR) is 104 cm³/mol. The van der Waals surface area contributed by atoms with Crippen molar-refractivity contribution in [2.75, 3.05) is 23.0 Å². The summed E-state index contributed by atoms with van der Waals surface area (Å²) in [5.74, 6) is 0.162. The fourth-order valence-electron chi connectivity index (χ4n) is 2.58. The second-order valence-corrected chi connectivity index (χ2v) is 7.98. The highest BCUT2D eigenvalue weighted by molar-refractivity contribution is 7.92. The summed E-state index contributed by atoms with van der Waals surface area (Å²) in [7, 11) is -2.16. The summed E-state index contributed by atoms with van der Waals surface area (Å²) in [5.41, 5.74) is 0.894. The van der Waals surface area contributed by atoms with Crippen molar-refractivity contribution in [2.24, 2.45) is 0 Å². The lowest BCUT2D eigenvalue weighted by Crippen LogP contribution is -2.46. The third-order valence-electron chi connectivity index (χ3n) is 3.75. The number of amides is 1. The summed E-state index contributed by atoms with van der Waals surface area (Å²) in [6.07, 6.45) is 1.37. The van der Waals surface area contributed by atoms with Crippen molar-refractivity contribution in [3.63, 3.8) is 0 Å². The molecule has 140 valence electrons. The van der Waals surface area contributed by atoms with E-state index in [-0.39, 0.29) is 0 Å². The molecule has 0 heterocycles. The van der Waals surface area contributed by atoms with Gasteiger partial charge in [0, 0.05) is 10.7 Å². The van der Waals surface area contributed by atoms with Crippen LogP contribution in [0, 0.1) is 0 Å². The molecule has 1 amide bonds. The number of hydrogen-bond donors (Lipinski definition) is 1. The molecular formula is C18H21ClN2O4S. The van der Waals surface area contributed by atoms with E-state index in [4.69, 9.17) is 16.3 Å². The first kappa shape index (κ1) is 20.1. The number of nitrogens with zero attached hydrogens (tertiary/aromatic N) is 1. The summed E-state index contributed by atoms with van der Waals surface area (Å²) < 4.78 is 31.0. The highest BCUT2D eigenvalue weighted by atomic mass is 35.5. The SMILES string of the molecule is CC[C@H](C(=O)Nc1cccc(Cl)c1)N(c1ccc(OC)cc1)S(C)(=O)=O. The third kappa shape index (κ3) is 4.89. The number of sulfonamides is 1. The Morgan fingerprint density at radius 1 is 1.23 bits per heavy atom. The van der Waals surface area contributed by atoms with Crippen LogP contribution in [-0.4, -0.2) is 33.7 Å².